The van der Waals surface area contributed by atoms with Crippen LogP contribution in [0.3, 0.4) is 0 Å². The van der Waals surface area contributed by atoms with Crippen LogP contribution in [0.5, 0.6) is 0 Å². The number of hydrogen-bond acceptors (Lipinski definition) is 1. The van der Waals surface area contributed by atoms with E-state index in [9.17, 15) is 0 Å². The third-order valence-electron chi connectivity index (χ3n) is 7.19. The Hall–Kier alpha value is -2.22. The molecule has 0 bridgehead atoms. The summed E-state index contributed by atoms with van der Waals surface area (Å²) in [5.74, 6) is 0.148. The number of nitrogens with zero attached hydrogens (tertiary/aromatic N) is 1. The smallest absolute Gasteiger partial charge is 0.123 e. The Kier molecular flexibility index (Phi) is 4.37. The highest BCUT2D eigenvalue weighted by molar-refractivity contribution is 6.02. The van der Waals surface area contributed by atoms with E-state index >= 15 is 4.39 Å². The summed E-state index contributed by atoms with van der Waals surface area (Å²) in [6.07, 6.45) is 9.86. The van der Waals surface area contributed by atoms with Gasteiger partial charge in [0.2, 0.25) is 0 Å². The van der Waals surface area contributed by atoms with E-state index in [-0.39, 0.29) is 22.6 Å². The fourth-order valence-corrected chi connectivity index (χ4v) is 5.43. The number of rotatable bonds is 3. The van der Waals surface area contributed by atoms with Crippen molar-refractivity contribution < 1.29 is 4.39 Å². The van der Waals surface area contributed by atoms with E-state index in [1.165, 1.54) is 21.9 Å². The average Bonchev–Trinajstić information content (AvgIpc) is 2.66. The fraction of sp³-hybridized carbons (Fsp3) is 0.423. The van der Waals surface area contributed by atoms with Crippen LogP contribution >= 0.6 is 0 Å². The van der Waals surface area contributed by atoms with Crippen LogP contribution in [0.15, 0.2) is 54.0 Å². The lowest BCUT2D eigenvalue weighted by atomic mass is 9.59. The Morgan fingerprint density at radius 3 is 2.71 bits per heavy atom. The number of allylic oxidation sites excluding steroid dienone is 6. The largest absolute Gasteiger partial charge is 0.256 e. The predicted molar refractivity (Wildman–Crippen MR) is 117 cm³/mol. The molecule has 2 aliphatic carbocycles. The first kappa shape index (κ1) is 19.1. The van der Waals surface area contributed by atoms with Gasteiger partial charge in [-0.3, -0.25) is 4.98 Å². The molecule has 0 N–H and O–H groups in total. The van der Waals surface area contributed by atoms with Crippen LogP contribution in [0.25, 0.3) is 16.3 Å². The second-order valence-corrected chi connectivity index (χ2v) is 9.13. The molecule has 4 rings (SSSR count). The first-order chi connectivity index (χ1) is 13.3. The van der Waals surface area contributed by atoms with Gasteiger partial charge in [-0.15, -0.1) is 0 Å². The molecule has 1 nitrogen and oxygen atoms in total. The number of aryl methyl sites for hydroxylation is 1. The van der Waals surface area contributed by atoms with Crippen molar-refractivity contribution in [2.24, 2.45) is 11.3 Å². The average molecular weight is 376 g/mol. The van der Waals surface area contributed by atoms with Gasteiger partial charge in [-0.2, -0.15) is 0 Å². The minimum absolute atomic E-state index is 0.0339. The Morgan fingerprint density at radius 1 is 1.29 bits per heavy atom. The summed E-state index contributed by atoms with van der Waals surface area (Å²) < 4.78 is 15.4. The summed E-state index contributed by atoms with van der Waals surface area (Å²) in [4.78, 5) is 4.85. The van der Waals surface area contributed by atoms with Crippen LogP contribution in [0.4, 0.5) is 4.39 Å². The lowest BCUT2D eigenvalue weighted by molar-refractivity contribution is 0.299. The highest BCUT2D eigenvalue weighted by Gasteiger charge is 2.45. The van der Waals surface area contributed by atoms with Crippen LogP contribution in [-0.2, 0) is 5.41 Å². The van der Waals surface area contributed by atoms with Crippen molar-refractivity contribution in [1.29, 1.82) is 0 Å². The van der Waals surface area contributed by atoms with Gasteiger partial charge < -0.3 is 0 Å². The quantitative estimate of drug-likeness (QED) is 0.508. The molecule has 1 aromatic heterocycles. The van der Waals surface area contributed by atoms with Gasteiger partial charge >= 0.3 is 0 Å². The van der Waals surface area contributed by atoms with Gasteiger partial charge in [-0.05, 0) is 72.3 Å². The highest BCUT2D eigenvalue weighted by atomic mass is 19.1. The Bertz CT molecular complexity index is 1050. The zero-order chi connectivity index (χ0) is 20.3. The van der Waals surface area contributed by atoms with Crippen LogP contribution in [0.1, 0.15) is 64.3 Å². The molecule has 0 aliphatic heterocycles. The zero-order valence-corrected chi connectivity index (χ0v) is 17.9. The topological polar surface area (TPSA) is 12.9 Å². The molecular weight excluding hydrogens is 345 g/mol. The minimum atomic E-state index is -0.388. The molecular formula is C26H30FN. The zero-order valence-electron chi connectivity index (χ0n) is 17.9. The van der Waals surface area contributed by atoms with Gasteiger partial charge in [-0.25, -0.2) is 4.39 Å². The Labute approximate surface area is 168 Å². The van der Waals surface area contributed by atoms with Crippen molar-refractivity contribution in [3.05, 3.63) is 70.8 Å². The first-order valence-electron chi connectivity index (χ1n) is 10.4. The lowest BCUT2D eigenvalue weighted by Crippen LogP contribution is -2.35. The van der Waals surface area contributed by atoms with Gasteiger partial charge in [0.05, 0.1) is 5.69 Å². The second kappa shape index (κ2) is 6.40. The maximum atomic E-state index is 15.4. The molecule has 1 aromatic carbocycles. The molecule has 2 unspecified atom stereocenters. The number of halogens is 1. The molecule has 0 spiro atoms. The van der Waals surface area contributed by atoms with Gasteiger partial charge in [0.15, 0.2) is 0 Å². The molecule has 0 saturated heterocycles. The molecule has 0 saturated carbocycles. The number of pyridine rings is 1. The van der Waals surface area contributed by atoms with Crippen LogP contribution in [0.2, 0.25) is 0 Å². The summed E-state index contributed by atoms with van der Waals surface area (Å²) in [5, 5.41) is 2.45. The van der Waals surface area contributed by atoms with Crippen molar-refractivity contribution in [3.63, 3.8) is 0 Å². The van der Waals surface area contributed by atoms with Crippen molar-refractivity contribution in [2.45, 2.75) is 59.8 Å². The van der Waals surface area contributed by atoms with Crippen LogP contribution < -0.4 is 0 Å². The molecule has 0 amide bonds. The first-order valence-corrected chi connectivity index (χ1v) is 10.4. The number of fused-ring (bicyclic) bond motifs is 1. The number of aromatic nitrogens is 1. The van der Waals surface area contributed by atoms with E-state index < -0.39 is 0 Å². The van der Waals surface area contributed by atoms with Crippen molar-refractivity contribution in [3.8, 4) is 0 Å². The van der Waals surface area contributed by atoms with Crippen molar-refractivity contribution in [1.82, 2.24) is 4.98 Å². The summed E-state index contributed by atoms with van der Waals surface area (Å²) in [6.45, 7) is 13.1. The molecule has 2 atom stereocenters. The molecule has 146 valence electrons. The molecule has 28 heavy (non-hydrogen) atoms. The van der Waals surface area contributed by atoms with Crippen LogP contribution in [-0.4, -0.2) is 4.98 Å². The summed E-state index contributed by atoms with van der Waals surface area (Å²) in [5.41, 5.74) is 4.96. The fourth-order valence-electron chi connectivity index (χ4n) is 5.43. The number of benzene rings is 1. The maximum Gasteiger partial charge on any atom is 0.123 e. The van der Waals surface area contributed by atoms with Gasteiger partial charge in [0.25, 0.3) is 0 Å². The highest BCUT2D eigenvalue weighted by Crippen LogP contribution is 2.57. The minimum Gasteiger partial charge on any atom is -0.256 e. The SMILES string of the molecule is CC=CC(C)(CC)C1CC=C(F)C2=C1c1nccc3c(C)ccc(c13)C2(C)C. The summed E-state index contributed by atoms with van der Waals surface area (Å²) in [6, 6.07) is 6.44. The normalized spacial score (nSPS) is 23.0. The van der Waals surface area contributed by atoms with E-state index in [1.807, 2.05) is 12.3 Å². The second-order valence-electron chi connectivity index (χ2n) is 9.13. The Balaban J connectivity index is 2.12. The summed E-state index contributed by atoms with van der Waals surface area (Å²) >= 11 is 0. The molecule has 1 heterocycles. The lowest BCUT2D eigenvalue weighted by Gasteiger charge is -2.45. The van der Waals surface area contributed by atoms with Crippen molar-refractivity contribution in [2.75, 3.05) is 0 Å². The standard InChI is InChI=1S/C26H30FN/c1-7-14-26(6,8-2)19-11-12-20(27)23-22(19)24-21-17(13-15-28-24)16(3)9-10-18(21)25(23,4)5/h7,9-10,12-15,19H,8,11H2,1-6H3. The monoisotopic (exact) mass is 375 g/mol. The van der Waals surface area contributed by atoms with E-state index in [0.29, 0.717) is 6.42 Å². The van der Waals surface area contributed by atoms with Gasteiger partial charge in [0, 0.05) is 22.6 Å². The van der Waals surface area contributed by atoms with E-state index in [0.717, 1.165) is 23.3 Å². The number of hydrogen-bond donors (Lipinski definition) is 0. The van der Waals surface area contributed by atoms with Gasteiger partial charge in [-0.1, -0.05) is 52.0 Å². The van der Waals surface area contributed by atoms with E-state index in [2.05, 4.69) is 71.9 Å². The predicted octanol–water partition coefficient (Wildman–Crippen LogP) is 7.45. The molecule has 2 aliphatic rings. The third kappa shape index (κ3) is 2.46. The van der Waals surface area contributed by atoms with Gasteiger partial charge in [0.1, 0.15) is 5.83 Å². The molecule has 2 aromatic rings. The third-order valence-corrected chi connectivity index (χ3v) is 7.19. The van der Waals surface area contributed by atoms with Crippen LogP contribution in [0, 0.1) is 18.3 Å². The molecule has 0 radical (unpaired) electrons. The van der Waals surface area contributed by atoms with Crippen molar-refractivity contribution >= 4 is 16.3 Å². The molecule has 0 fully saturated rings. The summed E-state index contributed by atoms with van der Waals surface area (Å²) in [7, 11) is 0. The molecule has 2 heteroatoms. The van der Waals surface area contributed by atoms with E-state index in [4.69, 9.17) is 4.98 Å². The Morgan fingerprint density at radius 2 is 2.04 bits per heavy atom. The maximum absolute atomic E-state index is 15.4. The van der Waals surface area contributed by atoms with E-state index in [1.54, 1.807) is 0 Å².